The summed E-state index contributed by atoms with van der Waals surface area (Å²) in [6.45, 7) is 3.00. The number of sulfonamides is 1. The lowest BCUT2D eigenvalue weighted by Gasteiger charge is -2.19. The number of aryl methyl sites for hydroxylation is 1. The SMILES string of the molecule is Cc1ccc(CN(C)C(=O)c2ccc3c(c2)CCN3S(C)(=O)=O)cc1. The van der Waals surface area contributed by atoms with Crippen molar-refractivity contribution in [2.24, 2.45) is 0 Å². The Labute approximate surface area is 148 Å². The van der Waals surface area contributed by atoms with E-state index >= 15 is 0 Å². The van der Waals surface area contributed by atoms with Crippen molar-refractivity contribution in [3.63, 3.8) is 0 Å². The molecular formula is C19H22N2O3S. The van der Waals surface area contributed by atoms with Crippen LogP contribution in [0.3, 0.4) is 0 Å². The standard InChI is InChI=1S/C19H22N2O3S/c1-14-4-6-15(7-5-14)13-20(2)19(22)17-8-9-18-16(12-17)10-11-21(18)25(3,23)24/h4-9,12H,10-11,13H2,1-3H3. The van der Waals surface area contributed by atoms with Gasteiger partial charge < -0.3 is 4.90 Å². The average Bonchev–Trinajstić information content (AvgIpc) is 2.99. The highest BCUT2D eigenvalue weighted by Gasteiger charge is 2.27. The van der Waals surface area contributed by atoms with Crippen LogP contribution < -0.4 is 4.31 Å². The largest absolute Gasteiger partial charge is 0.337 e. The molecule has 1 aliphatic heterocycles. The number of carbonyl (C=O) groups is 1. The second-order valence-electron chi connectivity index (χ2n) is 6.58. The molecule has 2 aromatic rings. The molecule has 1 aliphatic rings. The molecule has 6 heteroatoms. The Morgan fingerprint density at radius 2 is 1.84 bits per heavy atom. The maximum atomic E-state index is 12.7. The third-order valence-corrected chi connectivity index (χ3v) is 5.65. The van der Waals surface area contributed by atoms with Crippen molar-refractivity contribution < 1.29 is 13.2 Å². The van der Waals surface area contributed by atoms with Crippen LogP contribution in [0.25, 0.3) is 0 Å². The van der Waals surface area contributed by atoms with Crippen LogP contribution in [0.15, 0.2) is 42.5 Å². The summed E-state index contributed by atoms with van der Waals surface area (Å²) in [6.07, 6.45) is 1.84. The Balaban J connectivity index is 1.78. The highest BCUT2D eigenvalue weighted by atomic mass is 32.2. The van der Waals surface area contributed by atoms with E-state index in [0.29, 0.717) is 30.8 Å². The van der Waals surface area contributed by atoms with Gasteiger partial charge in [0, 0.05) is 25.7 Å². The molecular weight excluding hydrogens is 336 g/mol. The fourth-order valence-electron chi connectivity index (χ4n) is 3.11. The predicted molar refractivity (Wildman–Crippen MR) is 99.3 cm³/mol. The molecule has 0 aromatic heterocycles. The highest BCUT2D eigenvalue weighted by Crippen LogP contribution is 2.31. The Morgan fingerprint density at radius 1 is 1.16 bits per heavy atom. The Morgan fingerprint density at radius 3 is 2.48 bits per heavy atom. The summed E-state index contributed by atoms with van der Waals surface area (Å²) in [4.78, 5) is 14.4. The summed E-state index contributed by atoms with van der Waals surface area (Å²) in [6, 6.07) is 13.4. The Bertz CT molecular complexity index is 905. The maximum absolute atomic E-state index is 12.7. The van der Waals surface area contributed by atoms with Crippen LogP contribution in [-0.2, 0) is 23.0 Å². The van der Waals surface area contributed by atoms with Crippen molar-refractivity contribution in [1.29, 1.82) is 0 Å². The molecule has 0 N–H and O–H groups in total. The van der Waals surface area contributed by atoms with E-state index in [9.17, 15) is 13.2 Å². The van der Waals surface area contributed by atoms with E-state index in [1.165, 1.54) is 16.1 Å². The fraction of sp³-hybridized carbons (Fsp3) is 0.316. The van der Waals surface area contributed by atoms with Gasteiger partial charge in [-0.1, -0.05) is 29.8 Å². The van der Waals surface area contributed by atoms with Crippen LogP contribution >= 0.6 is 0 Å². The molecule has 0 bridgehead atoms. The maximum Gasteiger partial charge on any atom is 0.253 e. The van der Waals surface area contributed by atoms with Crippen LogP contribution in [-0.4, -0.2) is 39.1 Å². The summed E-state index contributed by atoms with van der Waals surface area (Å²) >= 11 is 0. The van der Waals surface area contributed by atoms with Gasteiger partial charge in [0.2, 0.25) is 10.0 Å². The van der Waals surface area contributed by atoms with Crippen LogP contribution in [0.1, 0.15) is 27.0 Å². The molecule has 132 valence electrons. The van der Waals surface area contributed by atoms with Crippen molar-refractivity contribution in [3.05, 3.63) is 64.7 Å². The number of benzene rings is 2. The van der Waals surface area contributed by atoms with Crippen LogP contribution in [0.5, 0.6) is 0 Å². The minimum Gasteiger partial charge on any atom is -0.337 e. The molecule has 2 aromatic carbocycles. The van der Waals surface area contributed by atoms with Gasteiger partial charge in [-0.05, 0) is 42.7 Å². The van der Waals surface area contributed by atoms with Crippen molar-refractivity contribution in [2.45, 2.75) is 19.9 Å². The molecule has 0 radical (unpaired) electrons. The summed E-state index contributed by atoms with van der Waals surface area (Å²) < 4.78 is 25.0. The van der Waals surface area contributed by atoms with Crippen LogP contribution in [0, 0.1) is 6.92 Å². The smallest absolute Gasteiger partial charge is 0.253 e. The summed E-state index contributed by atoms with van der Waals surface area (Å²) in [5.41, 5.74) is 4.43. The first kappa shape index (κ1) is 17.5. The third-order valence-electron chi connectivity index (χ3n) is 4.47. The van der Waals surface area contributed by atoms with Gasteiger partial charge >= 0.3 is 0 Å². The number of hydrogen-bond acceptors (Lipinski definition) is 3. The minimum atomic E-state index is -3.27. The van der Waals surface area contributed by atoms with E-state index in [-0.39, 0.29) is 5.91 Å². The Hall–Kier alpha value is -2.34. The number of anilines is 1. The zero-order valence-corrected chi connectivity index (χ0v) is 15.5. The number of nitrogens with zero attached hydrogens (tertiary/aromatic N) is 2. The summed E-state index contributed by atoms with van der Waals surface area (Å²) in [5, 5.41) is 0. The molecule has 25 heavy (non-hydrogen) atoms. The van der Waals surface area contributed by atoms with E-state index in [2.05, 4.69) is 0 Å². The first-order chi connectivity index (χ1) is 11.8. The molecule has 0 fully saturated rings. The van der Waals surface area contributed by atoms with Gasteiger partial charge in [0.25, 0.3) is 5.91 Å². The van der Waals surface area contributed by atoms with Crippen molar-refractivity contribution >= 4 is 21.6 Å². The molecule has 1 heterocycles. The van der Waals surface area contributed by atoms with Gasteiger partial charge in [-0.3, -0.25) is 9.10 Å². The van der Waals surface area contributed by atoms with Gasteiger partial charge in [-0.2, -0.15) is 0 Å². The normalized spacial score (nSPS) is 13.6. The molecule has 0 saturated carbocycles. The van der Waals surface area contributed by atoms with E-state index in [0.717, 1.165) is 11.1 Å². The summed E-state index contributed by atoms with van der Waals surface area (Å²) in [7, 11) is -1.50. The quantitative estimate of drug-likeness (QED) is 0.844. The van der Waals surface area contributed by atoms with Gasteiger partial charge in [-0.25, -0.2) is 8.42 Å². The average molecular weight is 358 g/mol. The monoisotopic (exact) mass is 358 g/mol. The molecule has 1 amide bonds. The van der Waals surface area contributed by atoms with E-state index in [1.54, 1.807) is 24.1 Å². The Kier molecular flexibility index (Phi) is 4.56. The van der Waals surface area contributed by atoms with E-state index < -0.39 is 10.0 Å². The van der Waals surface area contributed by atoms with Gasteiger partial charge in [-0.15, -0.1) is 0 Å². The van der Waals surface area contributed by atoms with Gasteiger partial charge in [0.05, 0.1) is 11.9 Å². The van der Waals surface area contributed by atoms with Gasteiger partial charge in [0.1, 0.15) is 0 Å². The van der Waals surface area contributed by atoms with Gasteiger partial charge in [0.15, 0.2) is 0 Å². The minimum absolute atomic E-state index is 0.0684. The second-order valence-corrected chi connectivity index (χ2v) is 8.48. The number of rotatable bonds is 4. The van der Waals surface area contributed by atoms with Crippen LogP contribution in [0.4, 0.5) is 5.69 Å². The lowest BCUT2D eigenvalue weighted by atomic mass is 10.1. The molecule has 0 spiro atoms. The molecule has 0 atom stereocenters. The zero-order chi connectivity index (χ0) is 18.2. The number of fused-ring (bicyclic) bond motifs is 1. The zero-order valence-electron chi connectivity index (χ0n) is 14.7. The first-order valence-corrected chi connectivity index (χ1v) is 10.0. The highest BCUT2D eigenvalue weighted by molar-refractivity contribution is 7.92. The molecule has 0 saturated heterocycles. The van der Waals surface area contributed by atoms with Crippen molar-refractivity contribution in [3.8, 4) is 0 Å². The van der Waals surface area contributed by atoms with Crippen LogP contribution in [0.2, 0.25) is 0 Å². The lowest BCUT2D eigenvalue weighted by molar-refractivity contribution is 0.0785. The first-order valence-electron chi connectivity index (χ1n) is 8.17. The predicted octanol–water partition coefficient (Wildman–Crippen LogP) is 2.59. The second kappa shape index (κ2) is 6.52. The van der Waals surface area contributed by atoms with Crippen molar-refractivity contribution in [1.82, 2.24) is 4.90 Å². The molecule has 0 unspecified atom stereocenters. The topological polar surface area (TPSA) is 57.7 Å². The fourth-order valence-corrected chi connectivity index (χ4v) is 4.07. The molecule has 0 aliphatic carbocycles. The number of carbonyl (C=O) groups excluding carboxylic acids is 1. The lowest BCUT2D eigenvalue weighted by Crippen LogP contribution is -2.27. The van der Waals surface area contributed by atoms with Crippen molar-refractivity contribution in [2.75, 3.05) is 24.2 Å². The number of amides is 1. The van der Waals surface area contributed by atoms with E-state index in [1.807, 2.05) is 37.3 Å². The third kappa shape index (κ3) is 3.69. The van der Waals surface area contributed by atoms with E-state index in [4.69, 9.17) is 0 Å². The number of hydrogen-bond donors (Lipinski definition) is 0. The molecule has 5 nitrogen and oxygen atoms in total. The molecule has 3 rings (SSSR count). The summed E-state index contributed by atoms with van der Waals surface area (Å²) in [5.74, 6) is -0.0684.